The van der Waals surface area contributed by atoms with E-state index in [2.05, 4.69) is 24.3 Å². The van der Waals surface area contributed by atoms with Crippen LogP contribution in [0.15, 0.2) is 65.7 Å². The Labute approximate surface area is 150 Å². The molecule has 0 spiro atoms. The van der Waals surface area contributed by atoms with Crippen molar-refractivity contribution in [1.29, 1.82) is 0 Å². The van der Waals surface area contributed by atoms with Crippen molar-refractivity contribution in [2.75, 3.05) is 0 Å². The van der Waals surface area contributed by atoms with Crippen LogP contribution < -0.4 is 0 Å². The number of ether oxygens (including phenoxy) is 1. The lowest BCUT2D eigenvalue weighted by Crippen LogP contribution is -2.24. The smallest absolute Gasteiger partial charge is 0.306 e. The van der Waals surface area contributed by atoms with Gasteiger partial charge in [-0.1, -0.05) is 60.7 Å². The number of hydrogen-bond acceptors (Lipinski definition) is 3. The SMILES string of the molecule is C[C@H](CCC(=O)OC(C)(C)C)N=C(c1ccccc1)c1ccccc1. The van der Waals surface area contributed by atoms with Crippen molar-refractivity contribution >= 4 is 11.7 Å². The van der Waals surface area contributed by atoms with E-state index in [4.69, 9.17) is 9.73 Å². The average Bonchev–Trinajstić information content (AvgIpc) is 2.58. The third-order valence-electron chi connectivity index (χ3n) is 3.63. The van der Waals surface area contributed by atoms with Crippen LogP contribution in [0.4, 0.5) is 0 Å². The summed E-state index contributed by atoms with van der Waals surface area (Å²) in [6.45, 7) is 7.69. The summed E-state index contributed by atoms with van der Waals surface area (Å²) < 4.78 is 5.37. The Morgan fingerprint density at radius 1 is 0.960 bits per heavy atom. The zero-order valence-corrected chi connectivity index (χ0v) is 15.5. The first-order valence-electron chi connectivity index (χ1n) is 8.75. The van der Waals surface area contributed by atoms with Crippen LogP contribution in [0.3, 0.4) is 0 Å². The summed E-state index contributed by atoms with van der Waals surface area (Å²) in [6, 6.07) is 20.3. The highest BCUT2D eigenvalue weighted by atomic mass is 16.6. The number of carbonyl (C=O) groups excluding carboxylic acids is 1. The molecule has 0 unspecified atom stereocenters. The summed E-state index contributed by atoms with van der Waals surface area (Å²) in [5.74, 6) is -0.171. The third-order valence-corrected chi connectivity index (χ3v) is 3.63. The van der Waals surface area contributed by atoms with E-state index in [0.29, 0.717) is 12.8 Å². The molecule has 2 aromatic rings. The molecule has 0 heterocycles. The van der Waals surface area contributed by atoms with E-state index >= 15 is 0 Å². The van der Waals surface area contributed by atoms with Gasteiger partial charge < -0.3 is 4.74 Å². The zero-order valence-electron chi connectivity index (χ0n) is 15.5. The van der Waals surface area contributed by atoms with Crippen LogP contribution in [0.1, 0.15) is 51.7 Å². The van der Waals surface area contributed by atoms with E-state index in [1.165, 1.54) is 0 Å². The fourth-order valence-electron chi connectivity index (χ4n) is 2.51. The molecule has 0 aliphatic carbocycles. The van der Waals surface area contributed by atoms with E-state index in [-0.39, 0.29) is 12.0 Å². The van der Waals surface area contributed by atoms with Crippen molar-refractivity contribution in [3.63, 3.8) is 0 Å². The highest BCUT2D eigenvalue weighted by molar-refractivity contribution is 6.12. The van der Waals surface area contributed by atoms with Gasteiger partial charge in [0, 0.05) is 23.6 Å². The lowest BCUT2D eigenvalue weighted by molar-refractivity contribution is -0.155. The Bertz CT molecular complexity index is 658. The van der Waals surface area contributed by atoms with Crippen LogP contribution in [0.25, 0.3) is 0 Å². The molecule has 0 aliphatic rings. The fourth-order valence-corrected chi connectivity index (χ4v) is 2.51. The first-order valence-corrected chi connectivity index (χ1v) is 8.75. The Balaban J connectivity index is 2.13. The molecule has 0 aromatic heterocycles. The normalized spacial score (nSPS) is 12.3. The molecule has 0 saturated carbocycles. The molecule has 1 atom stereocenters. The van der Waals surface area contributed by atoms with E-state index in [1.807, 2.05) is 64.1 Å². The molecule has 2 rings (SSSR count). The zero-order chi connectivity index (χ0) is 18.3. The summed E-state index contributed by atoms with van der Waals surface area (Å²) in [7, 11) is 0. The van der Waals surface area contributed by atoms with Crippen LogP contribution >= 0.6 is 0 Å². The van der Waals surface area contributed by atoms with Gasteiger partial charge in [-0.25, -0.2) is 0 Å². The minimum Gasteiger partial charge on any atom is -0.460 e. The maximum atomic E-state index is 11.9. The van der Waals surface area contributed by atoms with Crippen molar-refractivity contribution in [2.24, 2.45) is 4.99 Å². The molecule has 0 radical (unpaired) electrons. The van der Waals surface area contributed by atoms with Gasteiger partial charge in [0.15, 0.2) is 0 Å². The topological polar surface area (TPSA) is 38.7 Å². The van der Waals surface area contributed by atoms with E-state index in [0.717, 1.165) is 16.8 Å². The Kier molecular flexibility index (Phi) is 6.51. The number of rotatable bonds is 6. The maximum absolute atomic E-state index is 11.9. The molecule has 0 fully saturated rings. The number of hydrogen-bond donors (Lipinski definition) is 0. The number of carbonyl (C=O) groups is 1. The Hall–Kier alpha value is -2.42. The van der Waals surface area contributed by atoms with Gasteiger partial charge in [-0.05, 0) is 34.1 Å². The van der Waals surface area contributed by atoms with Crippen LogP contribution in [-0.2, 0) is 9.53 Å². The molecule has 132 valence electrons. The number of benzene rings is 2. The minimum absolute atomic E-state index is 0.0305. The summed E-state index contributed by atoms with van der Waals surface area (Å²) in [6.07, 6.45) is 1.04. The molecular formula is C22H27NO2. The Morgan fingerprint density at radius 3 is 1.88 bits per heavy atom. The summed E-state index contributed by atoms with van der Waals surface area (Å²) in [5, 5.41) is 0. The van der Waals surface area contributed by atoms with E-state index in [1.54, 1.807) is 0 Å². The van der Waals surface area contributed by atoms with Gasteiger partial charge in [-0.15, -0.1) is 0 Å². The lowest BCUT2D eigenvalue weighted by Gasteiger charge is -2.20. The number of aliphatic imine (C=N–C) groups is 1. The second kappa shape index (κ2) is 8.61. The predicted octanol–water partition coefficient (Wildman–Crippen LogP) is 5.03. The van der Waals surface area contributed by atoms with Gasteiger partial charge in [0.25, 0.3) is 0 Å². The van der Waals surface area contributed by atoms with E-state index in [9.17, 15) is 4.79 Å². The second-order valence-corrected chi connectivity index (χ2v) is 7.18. The van der Waals surface area contributed by atoms with Crippen molar-refractivity contribution < 1.29 is 9.53 Å². The Morgan fingerprint density at radius 2 is 1.44 bits per heavy atom. The summed E-state index contributed by atoms with van der Waals surface area (Å²) in [4.78, 5) is 16.8. The third kappa shape index (κ3) is 6.54. The highest BCUT2D eigenvalue weighted by Crippen LogP contribution is 2.15. The number of esters is 1. The van der Waals surface area contributed by atoms with Crippen molar-refractivity contribution in [3.8, 4) is 0 Å². The number of nitrogens with zero attached hydrogens (tertiary/aromatic N) is 1. The molecule has 0 saturated heterocycles. The van der Waals surface area contributed by atoms with Gasteiger partial charge in [-0.2, -0.15) is 0 Å². The predicted molar refractivity (Wildman–Crippen MR) is 103 cm³/mol. The molecule has 3 heteroatoms. The highest BCUT2D eigenvalue weighted by Gasteiger charge is 2.17. The molecular weight excluding hydrogens is 310 g/mol. The standard InChI is InChI=1S/C22H27NO2/c1-17(15-16-20(24)25-22(2,3)4)23-21(18-11-7-5-8-12-18)19-13-9-6-10-14-19/h5-14,17H,15-16H2,1-4H3/t17-/m1/s1. The van der Waals surface area contributed by atoms with Gasteiger partial charge in [-0.3, -0.25) is 9.79 Å². The summed E-state index contributed by atoms with van der Waals surface area (Å²) >= 11 is 0. The summed E-state index contributed by atoms with van der Waals surface area (Å²) in [5.41, 5.74) is 2.68. The first-order chi connectivity index (χ1) is 11.8. The quantitative estimate of drug-likeness (QED) is 0.547. The molecule has 0 amide bonds. The van der Waals surface area contributed by atoms with Gasteiger partial charge >= 0.3 is 5.97 Å². The molecule has 0 N–H and O–H groups in total. The maximum Gasteiger partial charge on any atom is 0.306 e. The van der Waals surface area contributed by atoms with Crippen molar-refractivity contribution in [3.05, 3.63) is 71.8 Å². The molecule has 3 nitrogen and oxygen atoms in total. The monoisotopic (exact) mass is 337 g/mol. The van der Waals surface area contributed by atoms with Crippen LogP contribution in [0.5, 0.6) is 0 Å². The fraction of sp³-hybridized carbons (Fsp3) is 0.364. The second-order valence-electron chi connectivity index (χ2n) is 7.18. The van der Waals surface area contributed by atoms with Crippen molar-refractivity contribution in [2.45, 2.75) is 52.2 Å². The van der Waals surface area contributed by atoms with Gasteiger partial charge in [0.2, 0.25) is 0 Å². The van der Waals surface area contributed by atoms with Crippen LogP contribution in [0.2, 0.25) is 0 Å². The van der Waals surface area contributed by atoms with Crippen LogP contribution in [-0.4, -0.2) is 23.3 Å². The minimum atomic E-state index is -0.442. The van der Waals surface area contributed by atoms with E-state index < -0.39 is 5.60 Å². The van der Waals surface area contributed by atoms with Crippen molar-refractivity contribution in [1.82, 2.24) is 0 Å². The molecule has 25 heavy (non-hydrogen) atoms. The lowest BCUT2D eigenvalue weighted by atomic mass is 10.0. The first kappa shape index (κ1) is 18.9. The largest absolute Gasteiger partial charge is 0.460 e. The average molecular weight is 337 g/mol. The van der Waals surface area contributed by atoms with Crippen LogP contribution in [0, 0.1) is 0 Å². The van der Waals surface area contributed by atoms with Gasteiger partial charge in [0.1, 0.15) is 5.60 Å². The molecule has 0 aliphatic heterocycles. The van der Waals surface area contributed by atoms with Gasteiger partial charge in [0.05, 0.1) is 5.71 Å². The molecule has 2 aromatic carbocycles. The molecule has 0 bridgehead atoms.